The van der Waals surface area contributed by atoms with Crippen LogP contribution < -0.4 is 5.32 Å². The molecule has 0 saturated carbocycles. The van der Waals surface area contributed by atoms with Crippen molar-refractivity contribution in [2.45, 2.75) is 423 Å². The van der Waals surface area contributed by atoms with Crippen LogP contribution >= 0.6 is 0 Å². The van der Waals surface area contributed by atoms with Gasteiger partial charge in [0.05, 0.1) is 32.0 Å². The monoisotopic (exact) mass is 1240 g/mol. The van der Waals surface area contributed by atoms with Crippen molar-refractivity contribution in [3.05, 3.63) is 36.5 Å². The minimum Gasteiger partial charge on any atom is -0.466 e. The second-order valence-electron chi connectivity index (χ2n) is 26.7. The fraction of sp³-hybridized carbons (Fsp3) is 0.896. The molecule has 0 aromatic heterocycles. The van der Waals surface area contributed by atoms with E-state index in [4.69, 9.17) is 14.2 Å². The number of carbonyl (C=O) groups is 2. The number of unbranched alkanes of at least 4 members (excludes halogenated alkanes) is 50. The lowest BCUT2D eigenvalue weighted by atomic mass is 9.99. The smallest absolute Gasteiger partial charge is 0.305 e. The molecule has 1 amide bonds. The first-order chi connectivity index (χ1) is 43.2. The highest BCUT2D eigenvalue weighted by molar-refractivity contribution is 5.76. The molecule has 0 aliphatic carbocycles. The molecule has 7 atom stereocenters. The minimum absolute atomic E-state index is 0.00707. The standard InChI is InChI=1S/C77H145NO10/c1-3-5-7-9-11-13-14-15-42-45-49-53-57-61-65-73(82)86-66-62-58-54-50-46-43-40-38-36-34-32-30-28-26-24-22-20-18-16-17-19-21-23-25-27-29-31-33-35-37-39-41-44-48-52-56-60-64-72(81)78-69(70(80)63-59-55-51-47-12-10-8-6-4-2)68-87-77-76(85)75(84)74(83)71(67-79)88-77/h14-16,18,59,63,69-71,74-77,79-80,83-85H,3-13,17,19-58,60-62,64-68H2,1-2H3,(H,78,81)/b15-14-,18-16-,63-59+. The van der Waals surface area contributed by atoms with Gasteiger partial charge in [-0.1, -0.05) is 320 Å². The van der Waals surface area contributed by atoms with Crippen LogP contribution in [-0.2, 0) is 23.8 Å². The van der Waals surface area contributed by atoms with Crippen LogP contribution in [0.2, 0.25) is 0 Å². The molecule has 1 saturated heterocycles. The molecular weight excluding hydrogens is 1100 g/mol. The Morgan fingerprint density at radius 1 is 0.409 bits per heavy atom. The maximum atomic E-state index is 13.0. The van der Waals surface area contributed by atoms with E-state index < -0.39 is 49.5 Å². The van der Waals surface area contributed by atoms with Crippen molar-refractivity contribution >= 4 is 11.9 Å². The highest BCUT2D eigenvalue weighted by Crippen LogP contribution is 2.24. The van der Waals surface area contributed by atoms with Gasteiger partial charge in [-0.15, -0.1) is 0 Å². The van der Waals surface area contributed by atoms with E-state index in [9.17, 15) is 35.1 Å². The Morgan fingerprint density at radius 2 is 0.727 bits per heavy atom. The number of hydrogen-bond donors (Lipinski definition) is 6. The summed E-state index contributed by atoms with van der Waals surface area (Å²) in [6.45, 7) is 4.34. The van der Waals surface area contributed by atoms with Crippen LogP contribution in [0.3, 0.4) is 0 Å². The quantitative estimate of drug-likeness (QED) is 0.0195. The van der Waals surface area contributed by atoms with Gasteiger partial charge in [0.1, 0.15) is 24.4 Å². The molecule has 0 radical (unpaired) electrons. The van der Waals surface area contributed by atoms with Gasteiger partial charge in [-0.05, 0) is 83.5 Å². The molecule has 1 fully saturated rings. The number of carbonyl (C=O) groups excluding carboxylic acids is 2. The second kappa shape index (κ2) is 66.3. The molecule has 88 heavy (non-hydrogen) atoms. The summed E-state index contributed by atoms with van der Waals surface area (Å²) >= 11 is 0. The summed E-state index contributed by atoms with van der Waals surface area (Å²) in [6.07, 6.45) is 76.2. The highest BCUT2D eigenvalue weighted by Gasteiger charge is 2.44. The van der Waals surface area contributed by atoms with Crippen LogP contribution in [0.5, 0.6) is 0 Å². The number of aliphatic hydroxyl groups excluding tert-OH is 5. The van der Waals surface area contributed by atoms with E-state index in [0.717, 1.165) is 57.8 Å². The number of allylic oxidation sites excluding steroid dienone is 5. The SMILES string of the molecule is CCCCCCC/C=C\CCCCCCCC(=O)OCCCCCCCCCCCCCCCCCC/C=C\CCCCCCCCCCCCCCCCCCCC(=O)NC(COC1OC(CO)C(O)C(O)C1O)C(O)/C=C/CCCCCCCCC. The number of hydrogen-bond acceptors (Lipinski definition) is 10. The Balaban J connectivity index is 1.86. The van der Waals surface area contributed by atoms with Gasteiger partial charge in [0.25, 0.3) is 0 Å². The average Bonchev–Trinajstić information content (AvgIpc) is 3.63. The first kappa shape index (κ1) is 83.9. The van der Waals surface area contributed by atoms with Crippen molar-refractivity contribution in [3.63, 3.8) is 0 Å². The normalized spacial score (nSPS) is 17.9. The lowest BCUT2D eigenvalue weighted by Gasteiger charge is -2.40. The topological polar surface area (TPSA) is 175 Å². The van der Waals surface area contributed by atoms with Crippen molar-refractivity contribution in [3.8, 4) is 0 Å². The molecule has 1 rings (SSSR count). The van der Waals surface area contributed by atoms with E-state index in [2.05, 4.69) is 43.5 Å². The summed E-state index contributed by atoms with van der Waals surface area (Å²) in [6, 6.07) is -0.805. The third-order valence-electron chi connectivity index (χ3n) is 18.2. The molecule has 1 aliphatic rings. The van der Waals surface area contributed by atoms with Gasteiger partial charge in [-0.25, -0.2) is 0 Å². The number of amides is 1. The van der Waals surface area contributed by atoms with Crippen LogP contribution in [0.1, 0.15) is 380 Å². The lowest BCUT2D eigenvalue weighted by molar-refractivity contribution is -0.302. The van der Waals surface area contributed by atoms with Crippen molar-refractivity contribution in [2.75, 3.05) is 19.8 Å². The fourth-order valence-electron chi connectivity index (χ4n) is 12.2. The molecule has 11 heteroatoms. The van der Waals surface area contributed by atoms with Crippen molar-refractivity contribution < 1.29 is 49.3 Å². The predicted molar refractivity (Wildman–Crippen MR) is 371 cm³/mol. The molecule has 0 bridgehead atoms. The second-order valence-corrected chi connectivity index (χ2v) is 26.7. The number of esters is 1. The van der Waals surface area contributed by atoms with Crippen LogP contribution in [0.4, 0.5) is 0 Å². The van der Waals surface area contributed by atoms with Gasteiger partial charge in [0, 0.05) is 12.8 Å². The molecule has 11 nitrogen and oxygen atoms in total. The average molecular weight is 1250 g/mol. The molecule has 518 valence electrons. The van der Waals surface area contributed by atoms with E-state index in [1.165, 1.54) is 295 Å². The third kappa shape index (κ3) is 54.4. The van der Waals surface area contributed by atoms with Crippen LogP contribution in [0, 0.1) is 0 Å². The fourth-order valence-corrected chi connectivity index (χ4v) is 12.2. The summed E-state index contributed by atoms with van der Waals surface area (Å²) in [5.41, 5.74) is 0. The molecule has 1 heterocycles. The molecule has 7 unspecified atom stereocenters. The minimum atomic E-state index is -1.57. The Kier molecular flexibility index (Phi) is 63.2. The highest BCUT2D eigenvalue weighted by atomic mass is 16.7. The van der Waals surface area contributed by atoms with Gasteiger partial charge in [0.15, 0.2) is 6.29 Å². The van der Waals surface area contributed by atoms with Crippen LogP contribution in [0.15, 0.2) is 36.5 Å². The molecule has 1 aliphatic heterocycles. The molecular formula is C77H145NO10. The number of ether oxygens (including phenoxy) is 3. The summed E-state index contributed by atoms with van der Waals surface area (Å²) < 4.78 is 16.7. The first-order valence-corrected chi connectivity index (χ1v) is 38.3. The van der Waals surface area contributed by atoms with Crippen molar-refractivity contribution in [1.82, 2.24) is 5.32 Å². The Morgan fingerprint density at radius 3 is 1.09 bits per heavy atom. The van der Waals surface area contributed by atoms with Crippen molar-refractivity contribution in [2.24, 2.45) is 0 Å². The molecule has 0 aromatic carbocycles. The Bertz CT molecular complexity index is 1560. The van der Waals surface area contributed by atoms with E-state index >= 15 is 0 Å². The number of nitrogens with one attached hydrogen (secondary N) is 1. The Hall–Kier alpha value is -2.12. The first-order valence-electron chi connectivity index (χ1n) is 38.3. The van der Waals surface area contributed by atoms with E-state index in [-0.39, 0.29) is 18.5 Å². The van der Waals surface area contributed by atoms with Crippen LogP contribution in [-0.4, -0.2) is 100 Å². The van der Waals surface area contributed by atoms with Gasteiger partial charge < -0.3 is 45.1 Å². The summed E-state index contributed by atoms with van der Waals surface area (Å²) in [7, 11) is 0. The van der Waals surface area contributed by atoms with E-state index in [1.54, 1.807) is 6.08 Å². The van der Waals surface area contributed by atoms with Gasteiger partial charge in [0.2, 0.25) is 5.91 Å². The zero-order valence-corrected chi connectivity index (χ0v) is 57.7. The number of aliphatic hydroxyl groups is 5. The maximum absolute atomic E-state index is 13.0. The Labute approximate surface area is 543 Å². The summed E-state index contributed by atoms with van der Waals surface area (Å²) in [5.74, 6) is -0.171. The molecule has 6 N–H and O–H groups in total. The summed E-state index contributed by atoms with van der Waals surface area (Å²) in [4.78, 5) is 25.1. The third-order valence-corrected chi connectivity index (χ3v) is 18.2. The summed E-state index contributed by atoms with van der Waals surface area (Å²) in [5, 5.41) is 54.3. The van der Waals surface area contributed by atoms with Crippen LogP contribution in [0.25, 0.3) is 0 Å². The largest absolute Gasteiger partial charge is 0.466 e. The maximum Gasteiger partial charge on any atom is 0.305 e. The van der Waals surface area contributed by atoms with Crippen molar-refractivity contribution in [1.29, 1.82) is 0 Å². The van der Waals surface area contributed by atoms with Gasteiger partial charge >= 0.3 is 5.97 Å². The van der Waals surface area contributed by atoms with E-state index in [0.29, 0.717) is 19.4 Å². The lowest BCUT2D eigenvalue weighted by Crippen LogP contribution is -2.60. The zero-order valence-electron chi connectivity index (χ0n) is 57.7. The molecule has 0 spiro atoms. The zero-order chi connectivity index (χ0) is 63.7. The predicted octanol–water partition coefficient (Wildman–Crippen LogP) is 20.1. The van der Waals surface area contributed by atoms with Gasteiger partial charge in [-0.2, -0.15) is 0 Å². The molecule has 0 aromatic rings. The van der Waals surface area contributed by atoms with Gasteiger partial charge in [-0.3, -0.25) is 9.59 Å². The number of rotatable bonds is 68. The van der Waals surface area contributed by atoms with E-state index in [1.807, 2.05) is 6.08 Å².